The number of hydrogen-bond acceptors (Lipinski definition) is 9. The minimum atomic E-state index is -1.37. The molecule has 0 saturated carbocycles. The standard InChI is InChI=1S/C21H21N7O7.Ca/c1-10(29)28(9-12-8-23-17-16(24-12)19(33)27-21(22)26-17)13-4-2-11(3-5-13)18(32)25-14(20(34)35)6-7-15(30)31;/h2-5,8,14H,6-7,9H2,1H3,(H,25,32)(H,30,31)(H,34,35)(H3,22,23,26,27,33);/q;+2. The molecule has 0 saturated heterocycles. The molecule has 0 radical (unpaired) electrons. The van der Waals surface area contributed by atoms with Crippen LogP contribution in [0.1, 0.15) is 35.8 Å². The van der Waals surface area contributed by atoms with Crippen molar-refractivity contribution in [1.29, 1.82) is 0 Å². The van der Waals surface area contributed by atoms with Crippen LogP contribution in [0.25, 0.3) is 11.2 Å². The van der Waals surface area contributed by atoms with Crippen LogP contribution in [0.2, 0.25) is 0 Å². The number of nitrogens with two attached hydrogens (primary N) is 1. The second-order valence-corrected chi connectivity index (χ2v) is 7.43. The molecule has 3 aromatic rings. The van der Waals surface area contributed by atoms with Gasteiger partial charge in [-0.3, -0.25) is 24.2 Å². The first-order valence-electron chi connectivity index (χ1n) is 10.2. The Morgan fingerprint density at radius 2 is 1.81 bits per heavy atom. The number of carboxylic acids is 2. The Morgan fingerprint density at radius 1 is 1.14 bits per heavy atom. The Hall–Kier alpha value is -3.62. The fourth-order valence-corrected chi connectivity index (χ4v) is 3.15. The van der Waals surface area contributed by atoms with E-state index < -0.39 is 35.9 Å². The molecule has 1 aromatic carbocycles. The largest absolute Gasteiger partial charge is 2.00 e. The topological polar surface area (TPSA) is 222 Å². The van der Waals surface area contributed by atoms with Crippen molar-refractivity contribution < 1.29 is 29.4 Å². The van der Waals surface area contributed by atoms with Gasteiger partial charge in [-0.05, 0) is 30.7 Å². The van der Waals surface area contributed by atoms with Crippen molar-refractivity contribution in [2.24, 2.45) is 0 Å². The van der Waals surface area contributed by atoms with Crippen LogP contribution in [0.4, 0.5) is 11.6 Å². The predicted molar refractivity (Wildman–Crippen MR) is 127 cm³/mol. The summed E-state index contributed by atoms with van der Waals surface area (Å²) >= 11 is 0. The van der Waals surface area contributed by atoms with E-state index in [0.29, 0.717) is 11.4 Å². The van der Waals surface area contributed by atoms with Crippen molar-refractivity contribution in [3.63, 3.8) is 0 Å². The summed E-state index contributed by atoms with van der Waals surface area (Å²) in [7, 11) is 0. The number of nitrogens with zero attached hydrogens (tertiary/aromatic N) is 4. The average molecular weight is 524 g/mol. The fourth-order valence-electron chi connectivity index (χ4n) is 3.15. The van der Waals surface area contributed by atoms with Crippen molar-refractivity contribution in [2.75, 3.05) is 10.6 Å². The third-order valence-electron chi connectivity index (χ3n) is 4.88. The number of carboxylic acid groups (broad SMARTS) is 2. The van der Waals surface area contributed by atoms with E-state index in [2.05, 4.69) is 25.3 Å². The molecule has 0 aliphatic carbocycles. The Balaban J connectivity index is 0.00000456. The molecule has 6 N–H and O–H groups in total. The number of fused-ring (bicyclic) bond motifs is 1. The Morgan fingerprint density at radius 3 is 2.39 bits per heavy atom. The van der Waals surface area contributed by atoms with Gasteiger partial charge in [-0.25, -0.2) is 14.8 Å². The molecule has 36 heavy (non-hydrogen) atoms. The quantitative estimate of drug-likeness (QED) is 0.225. The number of hydrogen-bond donors (Lipinski definition) is 5. The molecule has 1 atom stereocenters. The number of nitrogen functional groups attached to an aromatic ring is 1. The van der Waals surface area contributed by atoms with Gasteiger partial charge >= 0.3 is 49.7 Å². The molecule has 2 aromatic heterocycles. The molecule has 0 fully saturated rings. The number of carbonyl (C=O) groups excluding carboxylic acids is 2. The number of nitrogens with one attached hydrogen (secondary N) is 2. The number of H-pyrrole nitrogens is 1. The molecule has 0 spiro atoms. The smallest absolute Gasteiger partial charge is 0.481 e. The SMILES string of the molecule is CC(=O)N(Cc1cnc2nc(N)[nH]c(=O)c2n1)c1ccc(C(=O)NC(CCC(=O)O)C(=O)O)cc1.[Ca+2]. The normalized spacial score (nSPS) is 11.2. The number of rotatable bonds is 9. The monoisotopic (exact) mass is 523 g/mol. The minimum Gasteiger partial charge on any atom is -0.481 e. The average Bonchev–Trinajstić information content (AvgIpc) is 2.79. The van der Waals surface area contributed by atoms with Gasteiger partial charge in [0.15, 0.2) is 11.2 Å². The van der Waals surface area contributed by atoms with Crippen LogP contribution < -0.4 is 21.5 Å². The summed E-state index contributed by atoms with van der Waals surface area (Å²) in [4.78, 5) is 74.6. The number of benzene rings is 1. The number of aromatic nitrogens is 4. The van der Waals surface area contributed by atoms with Crippen LogP contribution in [0, 0.1) is 0 Å². The number of amides is 2. The van der Waals surface area contributed by atoms with Crippen LogP contribution in [-0.4, -0.2) is 97.7 Å². The third kappa shape index (κ3) is 7.19. The van der Waals surface area contributed by atoms with E-state index in [-0.39, 0.29) is 79.3 Å². The molecular weight excluding hydrogens is 502 g/mol. The maximum Gasteiger partial charge on any atom is 2.00 e. The van der Waals surface area contributed by atoms with Crippen molar-refractivity contribution in [2.45, 2.75) is 32.4 Å². The van der Waals surface area contributed by atoms with Gasteiger partial charge in [-0.2, -0.15) is 4.98 Å². The summed E-state index contributed by atoms with van der Waals surface area (Å²) in [6.07, 6.45) is 0.663. The van der Waals surface area contributed by atoms with Gasteiger partial charge in [0.2, 0.25) is 11.9 Å². The molecule has 15 heteroatoms. The van der Waals surface area contributed by atoms with E-state index in [1.807, 2.05) is 0 Å². The first-order chi connectivity index (χ1) is 16.5. The van der Waals surface area contributed by atoms with Crippen molar-refractivity contribution in [3.8, 4) is 0 Å². The zero-order valence-corrected chi connectivity index (χ0v) is 21.3. The van der Waals surface area contributed by atoms with Crippen LogP contribution in [0.3, 0.4) is 0 Å². The van der Waals surface area contributed by atoms with Crippen molar-refractivity contribution in [1.82, 2.24) is 25.3 Å². The molecule has 1 unspecified atom stereocenters. The molecule has 3 rings (SSSR count). The van der Waals surface area contributed by atoms with Gasteiger partial charge in [0, 0.05) is 24.6 Å². The maximum absolute atomic E-state index is 12.4. The van der Waals surface area contributed by atoms with Gasteiger partial charge in [0.1, 0.15) is 6.04 Å². The van der Waals surface area contributed by atoms with E-state index in [0.717, 1.165) is 0 Å². The molecule has 0 bridgehead atoms. The zero-order valence-electron chi connectivity index (χ0n) is 19.1. The second-order valence-electron chi connectivity index (χ2n) is 7.43. The third-order valence-corrected chi connectivity index (χ3v) is 4.88. The van der Waals surface area contributed by atoms with Crippen LogP contribution in [0.15, 0.2) is 35.3 Å². The van der Waals surface area contributed by atoms with E-state index in [9.17, 15) is 29.1 Å². The van der Waals surface area contributed by atoms with Crippen molar-refractivity contribution in [3.05, 3.63) is 52.1 Å². The van der Waals surface area contributed by atoms with Crippen LogP contribution >= 0.6 is 0 Å². The van der Waals surface area contributed by atoms with Crippen molar-refractivity contribution >= 4 is 84.3 Å². The second kappa shape index (κ2) is 12.4. The summed E-state index contributed by atoms with van der Waals surface area (Å²) in [5.74, 6) is -3.70. The summed E-state index contributed by atoms with van der Waals surface area (Å²) in [6.45, 7) is 1.29. The number of aromatic amines is 1. The van der Waals surface area contributed by atoms with Gasteiger partial charge in [-0.15, -0.1) is 0 Å². The Labute approximate surface area is 232 Å². The van der Waals surface area contributed by atoms with Gasteiger partial charge < -0.3 is 26.2 Å². The molecule has 182 valence electrons. The van der Waals surface area contributed by atoms with Crippen LogP contribution in [0.5, 0.6) is 0 Å². The number of aliphatic carboxylic acids is 2. The number of carbonyl (C=O) groups is 4. The summed E-state index contributed by atoms with van der Waals surface area (Å²) in [5, 5.41) is 20.2. The van der Waals surface area contributed by atoms with Crippen LogP contribution in [-0.2, 0) is 20.9 Å². The molecule has 2 amide bonds. The number of anilines is 2. The van der Waals surface area contributed by atoms with E-state index in [1.165, 1.54) is 42.3 Å². The Bertz CT molecular complexity index is 1360. The fraction of sp³-hybridized carbons (Fsp3) is 0.238. The van der Waals surface area contributed by atoms with E-state index in [4.69, 9.17) is 10.8 Å². The maximum atomic E-state index is 12.4. The molecule has 0 aliphatic rings. The Kier molecular flexibility index (Phi) is 9.84. The zero-order chi connectivity index (χ0) is 25.7. The van der Waals surface area contributed by atoms with Gasteiger partial charge in [0.05, 0.1) is 18.4 Å². The first-order valence-corrected chi connectivity index (χ1v) is 10.2. The first kappa shape index (κ1) is 28.6. The summed E-state index contributed by atoms with van der Waals surface area (Å²) < 4.78 is 0. The van der Waals surface area contributed by atoms with E-state index >= 15 is 0 Å². The molecule has 0 aliphatic heterocycles. The predicted octanol–water partition coefficient (Wildman–Crippen LogP) is -0.485. The van der Waals surface area contributed by atoms with Gasteiger partial charge in [-0.1, -0.05) is 0 Å². The van der Waals surface area contributed by atoms with E-state index in [1.54, 1.807) is 0 Å². The minimum absolute atomic E-state index is 0. The summed E-state index contributed by atoms with van der Waals surface area (Å²) in [5.41, 5.74) is 5.75. The molecule has 2 heterocycles. The van der Waals surface area contributed by atoms with Gasteiger partial charge in [0.25, 0.3) is 11.5 Å². The summed E-state index contributed by atoms with van der Waals surface area (Å²) in [6, 6.07) is 4.37. The molecular formula is C21H21CaN7O7+2. The molecule has 14 nitrogen and oxygen atoms in total.